The van der Waals surface area contributed by atoms with Gasteiger partial charge in [-0.05, 0) is 61.7 Å². The van der Waals surface area contributed by atoms with Crippen molar-refractivity contribution in [2.75, 3.05) is 19.8 Å². The van der Waals surface area contributed by atoms with Gasteiger partial charge in [0.25, 0.3) is 11.6 Å². The van der Waals surface area contributed by atoms with Gasteiger partial charge in [0.2, 0.25) is 11.8 Å². The molecule has 0 atom stereocenters. The van der Waals surface area contributed by atoms with E-state index in [0.29, 0.717) is 58.2 Å². The second-order valence-electron chi connectivity index (χ2n) is 8.25. The summed E-state index contributed by atoms with van der Waals surface area (Å²) >= 11 is 5.99. The minimum absolute atomic E-state index is 0.305. The van der Waals surface area contributed by atoms with Crippen LogP contribution >= 0.6 is 11.6 Å². The molecule has 0 unspecified atom stereocenters. The van der Waals surface area contributed by atoms with E-state index in [4.69, 9.17) is 30.6 Å². The third-order valence-corrected chi connectivity index (χ3v) is 5.57. The number of aryl methyl sites for hydroxylation is 2. The Morgan fingerprint density at radius 1 is 1.05 bits per heavy atom. The van der Waals surface area contributed by atoms with E-state index >= 15 is 0 Å². The molecule has 2 heterocycles. The van der Waals surface area contributed by atoms with Gasteiger partial charge in [0, 0.05) is 17.0 Å². The van der Waals surface area contributed by atoms with Crippen molar-refractivity contribution in [2.24, 2.45) is 0 Å². The summed E-state index contributed by atoms with van der Waals surface area (Å²) in [6.45, 7) is 5.16. The zero-order chi connectivity index (χ0) is 26.5. The van der Waals surface area contributed by atoms with E-state index in [2.05, 4.69) is 20.3 Å². The molecular weight excluding hydrogens is 500 g/mol. The number of benzene rings is 2. The third kappa shape index (κ3) is 6.34. The summed E-state index contributed by atoms with van der Waals surface area (Å²) in [5.74, 6) is 0.0695. The molecule has 0 saturated heterocycles. The molecule has 0 fully saturated rings. The van der Waals surface area contributed by atoms with Crippen LogP contribution in [-0.2, 0) is 16.0 Å². The molecule has 37 heavy (non-hydrogen) atoms. The second kappa shape index (κ2) is 11.3. The number of nitrogens with zero attached hydrogens (tertiary/aromatic N) is 3. The van der Waals surface area contributed by atoms with E-state index < -0.39 is 18.4 Å². The highest BCUT2D eigenvalue weighted by Crippen LogP contribution is 2.33. The Hall–Kier alpha value is -4.18. The number of carboxylic acids is 1. The standard InChI is InChI=1S/C26H25ClN4O6/c1-4-35-25-22-26(30-19(29-25)11-16-5-7-18(27)8-6-16)37-24(31-22)17-9-14(2)23(15(3)10-17)36-13-20(32)28-12-21(33)34/h5-10H,4,11-13H2,1-3H3,(H,28,32)(H,33,34). The van der Waals surface area contributed by atoms with E-state index in [1.54, 1.807) is 0 Å². The van der Waals surface area contributed by atoms with Crippen LogP contribution in [0.1, 0.15) is 29.4 Å². The van der Waals surface area contributed by atoms with Gasteiger partial charge >= 0.3 is 5.97 Å². The molecule has 0 aliphatic carbocycles. The van der Waals surface area contributed by atoms with Gasteiger partial charge in [-0.3, -0.25) is 9.59 Å². The minimum Gasteiger partial charge on any atom is -0.483 e. The summed E-state index contributed by atoms with van der Waals surface area (Å²) in [5.41, 5.74) is 3.91. The highest BCUT2D eigenvalue weighted by molar-refractivity contribution is 6.30. The Balaban J connectivity index is 1.60. The van der Waals surface area contributed by atoms with E-state index in [0.717, 1.165) is 16.7 Å². The van der Waals surface area contributed by atoms with Gasteiger partial charge in [-0.15, -0.1) is 0 Å². The lowest BCUT2D eigenvalue weighted by Crippen LogP contribution is -2.33. The molecule has 192 valence electrons. The predicted octanol–water partition coefficient (Wildman–Crippen LogP) is 4.12. The Morgan fingerprint density at radius 2 is 1.76 bits per heavy atom. The first kappa shape index (κ1) is 25.9. The van der Waals surface area contributed by atoms with Crippen molar-refractivity contribution in [3.63, 3.8) is 0 Å². The van der Waals surface area contributed by atoms with Crippen molar-refractivity contribution in [1.82, 2.24) is 20.3 Å². The fraction of sp³-hybridized carbons (Fsp3) is 0.269. The number of ether oxygens (including phenoxy) is 2. The number of oxazole rings is 1. The van der Waals surface area contributed by atoms with E-state index in [1.165, 1.54) is 0 Å². The summed E-state index contributed by atoms with van der Waals surface area (Å²) in [6, 6.07) is 11.1. The van der Waals surface area contributed by atoms with Gasteiger partial charge in [0.05, 0.1) is 6.61 Å². The van der Waals surface area contributed by atoms with Crippen LogP contribution < -0.4 is 14.8 Å². The van der Waals surface area contributed by atoms with E-state index in [9.17, 15) is 9.59 Å². The van der Waals surface area contributed by atoms with Crippen molar-refractivity contribution in [2.45, 2.75) is 27.2 Å². The Labute approximate surface area is 217 Å². The fourth-order valence-electron chi connectivity index (χ4n) is 3.73. The number of fused-ring (bicyclic) bond motifs is 1. The molecule has 1 amide bonds. The van der Waals surface area contributed by atoms with Crippen LogP contribution in [0.15, 0.2) is 40.8 Å². The Bertz CT molecular complexity index is 1430. The SMILES string of the molecule is CCOc1nc(Cc2ccc(Cl)cc2)nc2oc(-c3cc(C)c(OCC(=O)NCC(=O)O)c(C)c3)nc12. The first-order valence-corrected chi connectivity index (χ1v) is 11.9. The summed E-state index contributed by atoms with van der Waals surface area (Å²) in [6.07, 6.45) is 0.466. The molecular formula is C26H25ClN4O6. The van der Waals surface area contributed by atoms with Crippen LogP contribution in [0, 0.1) is 13.8 Å². The maximum atomic E-state index is 11.8. The molecule has 10 nitrogen and oxygen atoms in total. The van der Waals surface area contributed by atoms with Crippen molar-refractivity contribution < 1.29 is 28.6 Å². The number of aliphatic carboxylic acids is 1. The van der Waals surface area contributed by atoms with Crippen LogP contribution in [0.5, 0.6) is 11.6 Å². The summed E-state index contributed by atoms with van der Waals surface area (Å²) in [7, 11) is 0. The van der Waals surface area contributed by atoms with Crippen LogP contribution in [0.25, 0.3) is 22.7 Å². The maximum Gasteiger partial charge on any atom is 0.322 e. The Morgan fingerprint density at radius 3 is 2.41 bits per heavy atom. The smallest absolute Gasteiger partial charge is 0.322 e. The van der Waals surface area contributed by atoms with Crippen LogP contribution in [-0.4, -0.2) is 51.7 Å². The monoisotopic (exact) mass is 524 g/mol. The van der Waals surface area contributed by atoms with Crippen LogP contribution in [0.4, 0.5) is 0 Å². The number of rotatable bonds is 10. The van der Waals surface area contributed by atoms with Gasteiger partial charge in [-0.2, -0.15) is 9.97 Å². The molecule has 0 spiro atoms. The quantitative estimate of drug-likeness (QED) is 0.313. The molecule has 2 aromatic carbocycles. The predicted molar refractivity (Wildman–Crippen MR) is 136 cm³/mol. The topological polar surface area (TPSA) is 137 Å². The average molecular weight is 525 g/mol. The second-order valence-corrected chi connectivity index (χ2v) is 8.69. The molecule has 0 aliphatic heterocycles. The first-order chi connectivity index (χ1) is 17.7. The number of halogens is 1. The minimum atomic E-state index is -1.13. The third-order valence-electron chi connectivity index (χ3n) is 5.32. The lowest BCUT2D eigenvalue weighted by Gasteiger charge is -2.13. The van der Waals surface area contributed by atoms with Gasteiger partial charge < -0.3 is 24.3 Å². The number of carbonyl (C=O) groups excluding carboxylic acids is 1. The van der Waals surface area contributed by atoms with Gasteiger partial charge in [0.15, 0.2) is 12.1 Å². The van der Waals surface area contributed by atoms with Crippen molar-refractivity contribution in [1.29, 1.82) is 0 Å². The number of carboxylic acid groups (broad SMARTS) is 1. The molecule has 0 aliphatic rings. The summed E-state index contributed by atoms with van der Waals surface area (Å²) < 4.78 is 17.4. The number of hydrogen-bond donors (Lipinski definition) is 2. The van der Waals surface area contributed by atoms with Crippen molar-refractivity contribution in [3.05, 3.63) is 63.9 Å². The highest BCUT2D eigenvalue weighted by atomic mass is 35.5. The summed E-state index contributed by atoms with van der Waals surface area (Å²) in [5, 5.41) is 11.6. The first-order valence-electron chi connectivity index (χ1n) is 11.5. The van der Waals surface area contributed by atoms with Gasteiger partial charge in [-0.25, -0.2) is 4.98 Å². The van der Waals surface area contributed by atoms with E-state index in [-0.39, 0.29) is 6.61 Å². The largest absolute Gasteiger partial charge is 0.483 e. The van der Waals surface area contributed by atoms with E-state index in [1.807, 2.05) is 57.2 Å². The molecule has 4 rings (SSSR count). The average Bonchev–Trinajstić information content (AvgIpc) is 3.28. The normalized spacial score (nSPS) is 10.9. The molecule has 0 bridgehead atoms. The maximum absolute atomic E-state index is 11.8. The molecule has 11 heteroatoms. The number of hydrogen-bond acceptors (Lipinski definition) is 8. The Kier molecular flexibility index (Phi) is 7.88. The van der Waals surface area contributed by atoms with Crippen molar-refractivity contribution in [3.8, 4) is 23.1 Å². The molecule has 2 aromatic heterocycles. The zero-order valence-corrected chi connectivity index (χ0v) is 21.3. The van der Waals surface area contributed by atoms with Gasteiger partial charge in [-0.1, -0.05) is 23.7 Å². The number of carbonyl (C=O) groups is 2. The zero-order valence-electron chi connectivity index (χ0n) is 20.5. The number of nitrogens with one attached hydrogen (secondary N) is 1. The lowest BCUT2D eigenvalue weighted by molar-refractivity contribution is -0.138. The molecule has 0 radical (unpaired) electrons. The molecule has 0 saturated carbocycles. The van der Waals surface area contributed by atoms with Crippen LogP contribution in [0.2, 0.25) is 5.02 Å². The fourth-order valence-corrected chi connectivity index (χ4v) is 3.85. The number of amides is 1. The van der Waals surface area contributed by atoms with Gasteiger partial charge in [0.1, 0.15) is 18.1 Å². The number of aromatic nitrogens is 3. The lowest BCUT2D eigenvalue weighted by atomic mass is 10.1. The van der Waals surface area contributed by atoms with Crippen molar-refractivity contribution >= 4 is 34.7 Å². The molecule has 4 aromatic rings. The van der Waals surface area contributed by atoms with Crippen LogP contribution in [0.3, 0.4) is 0 Å². The summed E-state index contributed by atoms with van der Waals surface area (Å²) in [4.78, 5) is 36.1. The highest BCUT2D eigenvalue weighted by Gasteiger charge is 2.19. The molecule has 2 N–H and O–H groups in total.